The van der Waals surface area contributed by atoms with Crippen LogP contribution in [-0.2, 0) is 16.1 Å². The highest BCUT2D eigenvalue weighted by Gasteiger charge is 2.23. The topological polar surface area (TPSA) is 74.8 Å². The van der Waals surface area contributed by atoms with Crippen LogP contribution in [-0.4, -0.2) is 51.9 Å². The lowest BCUT2D eigenvalue weighted by molar-refractivity contribution is -0.154. The highest BCUT2D eigenvalue weighted by Crippen LogP contribution is 2.27. The van der Waals surface area contributed by atoms with Gasteiger partial charge in [-0.15, -0.1) is 0 Å². The van der Waals surface area contributed by atoms with Crippen LogP contribution in [0.4, 0.5) is 0 Å². The van der Waals surface area contributed by atoms with Gasteiger partial charge in [0.2, 0.25) is 0 Å². The highest BCUT2D eigenvalue weighted by atomic mass is 32.2. The van der Waals surface area contributed by atoms with Crippen molar-refractivity contribution in [2.45, 2.75) is 59.8 Å². The molecular formula is C22H34N2O4S. The summed E-state index contributed by atoms with van der Waals surface area (Å²) in [6.45, 7) is 10.7. The molecule has 1 aromatic heterocycles. The Balaban J connectivity index is 2.01. The van der Waals surface area contributed by atoms with Crippen molar-refractivity contribution in [2.24, 2.45) is 5.41 Å². The predicted octanol–water partition coefficient (Wildman–Crippen LogP) is 4.38. The number of nitrogens with one attached hydrogen (secondary N) is 1. The van der Waals surface area contributed by atoms with E-state index in [2.05, 4.69) is 23.1 Å². The van der Waals surface area contributed by atoms with Crippen LogP contribution >= 0.6 is 11.9 Å². The lowest BCUT2D eigenvalue weighted by Crippen LogP contribution is -2.36. The Hall–Kier alpha value is -1.70. The summed E-state index contributed by atoms with van der Waals surface area (Å²) in [5.41, 5.74) is 1.18. The molecule has 2 aromatic rings. The van der Waals surface area contributed by atoms with Gasteiger partial charge in [-0.3, -0.25) is 4.79 Å². The van der Waals surface area contributed by atoms with Gasteiger partial charge in [0, 0.05) is 23.5 Å². The van der Waals surface area contributed by atoms with E-state index in [1.54, 1.807) is 11.9 Å². The molecule has 0 saturated heterocycles. The van der Waals surface area contributed by atoms with Crippen LogP contribution < -0.4 is 4.74 Å². The van der Waals surface area contributed by atoms with Crippen LogP contribution in [0.15, 0.2) is 24.3 Å². The van der Waals surface area contributed by atoms with Crippen LogP contribution in [0, 0.1) is 5.41 Å². The van der Waals surface area contributed by atoms with E-state index in [9.17, 15) is 9.90 Å². The Morgan fingerprint density at radius 1 is 1.34 bits per heavy atom. The number of aliphatic hydroxyl groups is 1. The number of benzene rings is 1. The molecule has 0 amide bonds. The summed E-state index contributed by atoms with van der Waals surface area (Å²) in [7, 11) is 0. The van der Waals surface area contributed by atoms with E-state index in [1.807, 2.05) is 51.3 Å². The third-order valence-corrected chi connectivity index (χ3v) is 5.77. The van der Waals surface area contributed by atoms with Gasteiger partial charge in [0.15, 0.2) is 0 Å². The fourth-order valence-electron chi connectivity index (χ4n) is 2.83. The largest absolute Gasteiger partial charge is 0.490 e. The molecule has 0 aliphatic heterocycles. The zero-order chi connectivity index (χ0) is 21.6. The number of hydrogen-bond donors (Lipinski definition) is 2. The number of esters is 1. The maximum atomic E-state index is 12.0. The first-order valence-corrected chi connectivity index (χ1v) is 11.2. The van der Waals surface area contributed by atoms with Gasteiger partial charge < -0.3 is 19.6 Å². The average molecular weight is 423 g/mol. The summed E-state index contributed by atoms with van der Waals surface area (Å²) < 4.78 is 13.5. The number of aromatic amines is 1. The van der Waals surface area contributed by atoms with Gasteiger partial charge in [0.1, 0.15) is 25.1 Å². The second-order valence-corrected chi connectivity index (χ2v) is 9.18. The first-order chi connectivity index (χ1) is 13.7. The molecule has 1 heterocycles. The van der Waals surface area contributed by atoms with Crippen molar-refractivity contribution in [3.63, 3.8) is 0 Å². The SMILES string of the molecule is CCC(C)N(CC(O)COc1cccc2[nH]c(COC(=O)C(C)(C)C)cc12)SC. The third kappa shape index (κ3) is 6.66. The molecule has 0 spiro atoms. The number of aliphatic hydroxyl groups excluding tert-OH is 1. The van der Waals surface area contributed by atoms with Crippen LogP contribution in [0.5, 0.6) is 5.75 Å². The van der Waals surface area contributed by atoms with E-state index in [0.717, 1.165) is 23.0 Å². The predicted molar refractivity (Wildman–Crippen MR) is 119 cm³/mol. The molecule has 2 atom stereocenters. The van der Waals surface area contributed by atoms with E-state index in [0.29, 0.717) is 18.3 Å². The summed E-state index contributed by atoms with van der Waals surface area (Å²) >= 11 is 1.64. The summed E-state index contributed by atoms with van der Waals surface area (Å²) in [5.74, 6) is 0.459. The van der Waals surface area contributed by atoms with Crippen molar-refractivity contribution in [1.29, 1.82) is 0 Å². The molecule has 0 bridgehead atoms. The number of rotatable bonds is 10. The van der Waals surface area contributed by atoms with Gasteiger partial charge in [0.05, 0.1) is 11.1 Å². The van der Waals surface area contributed by atoms with Crippen LogP contribution in [0.3, 0.4) is 0 Å². The number of carbonyl (C=O) groups is 1. The van der Waals surface area contributed by atoms with Gasteiger partial charge in [-0.05, 0) is 58.6 Å². The fourth-order valence-corrected chi connectivity index (χ4v) is 3.66. The van der Waals surface area contributed by atoms with Crippen LogP contribution in [0.1, 0.15) is 46.7 Å². The Labute approximate surface area is 178 Å². The highest BCUT2D eigenvalue weighted by molar-refractivity contribution is 7.96. The van der Waals surface area contributed by atoms with Gasteiger partial charge in [-0.1, -0.05) is 24.9 Å². The average Bonchev–Trinajstić information content (AvgIpc) is 3.10. The van der Waals surface area contributed by atoms with E-state index in [1.165, 1.54) is 0 Å². The van der Waals surface area contributed by atoms with Crippen molar-refractivity contribution < 1.29 is 19.4 Å². The van der Waals surface area contributed by atoms with Gasteiger partial charge in [0.25, 0.3) is 0 Å². The number of ether oxygens (including phenoxy) is 2. The molecule has 6 nitrogen and oxygen atoms in total. The van der Waals surface area contributed by atoms with Gasteiger partial charge in [-0.25, -0.2) is 4.31 Å². The van der Waals surface area contributed by atoms with Crippen LogP contribution in [0.2, 0.25) is 0 Å². The van der Waals surface area contributed by atoms with Crippen molar-refractivity contribution in [2.75, 3.05) is 19.4 Å². The zero-order valence-corrected chi connectivity index (χ0v) is 19.1. The molecule has 0 radical (unpaired) electrons. The van der Waals surface area contributed by atoms with Crippen molar-refractivity contribution in [3.8, 4) is 5.75 Å². The van der Waals surface area contributed by atoms with Gasteiger partial charge in [-0.2, -0.15) is 0 Å². The first kappa shape index (κ1) is 23.6. The minimum atomic E-state index is -0.585. The number of aromatic nitrogens is 1. The number of carbonyl (C=O) groups excluding carboxylic acids is 1. The number of H-pyrrole nitrogens is 1. The second kappa shape index (κ2) is 10.4. The fraction of sp³-hybridized carbons (Fsp3) is 0.591. The van der Waals surface area contributed by atoms with E-state index < -0.39 is 11.5 Å². The van der Waals surface area contributed by atoms with Crippen molar-refractivity contribution >= 4 is 28.8 Å². The van der Waals surface area contributed by atoms with E-state index >= 15 is 0 Å². The summed E-state index contributed by atoms with van der Waals surface area (Å²) in [4.78, 5) is 15.2. The Morgan fingerprint density at radius 2 is 2.07 bits per heavy atom. The maximum Gasteiger partial charge on any atom is 0.311 e. The Kier molecular flexibility index (Phi) is 8.43. The second-order valence-electron chi connectivity index (χ2n) is 8.34. The zero-order valence-electron chi connectivity index (χ0n) is 18.3. The summed E-state index contributed by atoms with van der Waals surface area (Å²) in [5, 5.41) is 11.3. The van der Waals surface area contributed by atoms with E-state index in [4.69, 9.17) is 9.47 Å². The van der Waals surface area contributed by atoms with Crippen LogP contribution in [0.25, 0.3) is 10.9 Å². The molecule has 0 aliphatic rings. The maximum absolute atomic E-state index is 12.0. The minimum Gasteiger partial charge on any atom is -0.490 e. The Bertz CT molecular complexity index is 800. The summed E-state index contributed by atoms with van der Waals surface area (Å²) in [6.07, 6.45) is 2.46. The molecular weight excluding hydrogens is 388 g/mol. The standard InChI is InChI=1S/C22H34N2O4S/c1-7-15(2)24(29-6)12-17(25)14-27-20-10-8-9-19-18(20)11-16(23-19)13-28-21(26)22(3,4)5/h8-11,15,17,23,25H,7,12-14H2,1-6H3. The number of nitrogens with zero attached hydrogens (tertiary/aromatic N) is 1. The lowest BCUT2D eigenvalue weighted by atomic mass is 9.97. The smallest absolute Gasteiger partial charge is 0.311 e. The van der Waals surface area contributed by atoms with E-state index in [-0.39, 0.29) is 19.2 Å². The van der Waals surface area contributed by atoms with Crippen molar-refractivity contribution in [1.82, 2.24) is 9.29 Å². The molecule has 0 saturated carbocycles. The molecule has 162 valence electrons. The van der Waals surface area contributed by atoms with Crippen molar-refractivity contribution in [3.05, 3.63) is 30.0 Å². The molecule has 2 N–H and O–H groups in total. The number of fused-ring (bicyclic) bond motifs is 1. The van der Waals surface area contributed by atoms with Gasteiger partial charge >= 0.3 is 5.97 Å². The molecule has 2 rings (SSSR count). The molecule has 0 fully saturated rings. The minimum absolute atomic E-state index is 0.185. The monoisotopic (exact) mass is 422 g/mol. The Morgan fingerprint density at radius 3 is 2.69 bits per heavy atom. The molecule has 29 heavy (non-hydrogen) atoms. The summed E-state index contributed by atoms with van der Waals surface area (Å²) in [6, 6.07) is 8.06. The molecule has 0 aliphatic carbocycles. The normalized spacial score (nSPS) is 14.2. The third-order valence-electron chi connectivity index (χ3n) is 4.79. The lowest BCUT2D eigenvalue weighted by Gasteiger charge is -2.27. The first-order valence-electron chi connectivity index (χ1n) is 10.0. The molecule has 2 unspecified atom stereocenters. The molecule has 7 heteroatoms. The molecule has 1 aromatic carbocycles. The quantitative estimate of drug-likeness (QED) is 0.437. The number of hydrogen-bond acceptors (Lipinski definition) is 6.